The van der Waals surface area contributed by atoms with Crippen molar-refractivity contribution in [3.63, 3.8) is 0 Å². The fourth-order valence-electron chi connectivity index (χ4n) is 2.64. The highest BCUT2D eigenvalue weighted by Crippen LogP contribution is 2.31. The first-order valence-corrected chi connectivity index (χ1v) is 8.84. The maximum atomic E-state index is 10.4. The van der Waals surface area contributed by atoms with E-state index in [1.165, 1.54) is 11.1 Å². The smallest absolute Gasteiger partial charge is 0.132 e. The summed E-state index contributed by atoms with van der Waals surface area (Å²) in [4.78, 5) is 11.3. The van der Waals surface area contributed by atoms with E-state index < -0.39 is 6.10 Å². The van der Waals surface area contributed by atoms with E-state index in [0.717, 1.165) is 21.8 Å². The van der Waals surface area contributed by atoms with Gasteiger partial charge in [0.05, 0.1) is 17.1 Å². The van der Waals surface area contributed by atoms with Crippen molar-refractivity contribution in [2.75, 3.05) is 0 Å². The Morgan fingerprint density at radius 3 is 2.12 bits per heavy atom. The molecule has 0 aliphatic carbocycles. The quantitative estimate of drug-likeness (QED) is 0.724. The monoisotopic (exact) mass is 344 g/mol. The third-order valence-electron chi connectivity index (χ3n) is 3.89. The van der Waals surface area contributed by atoms with Crippen LogP contribution in [-0.2, 0) is 0 Å². The van der Waals surface area contributed by atoms with Crippen LogP contribution in [0, 0.1) is 0 Å². The van der Waals surface area contributed by atoms with Gasteiger partial charge in [0, 0.05) is 16.0 Å². The molecule has 0 saturated carbocycles. The van der Waals surface area contributed by atoms with Crippen LogP contribution in [0.4, 0.5) is 11.4 Å². The van der Waals surface area contributed by atoms with Gasteiger partial charge in [0.15, 0.2) is 0 Å². The summed E-state index contributed by atoms with van der Waals surface area (Å²) in [5.41, 5.74) is 3.05. The van der Waals surface area contributed by atoms with Crippen LogP contribution in [-0.4, -0.2) is 23.1 Å². The second-order valence-corrected chi connectivity index (χ2v) is 6.80. The molecule has 1 aliphatic rings. The van der Waals surface area contributed by atoms with Crippen LogP contribution in [0.15, 0.2) is 98.6 Å². The summed E-state index contributed by atoms with van der Waals surface area (Å²) < 4.78 is 0. The summed E-state index contributed by atoms with van der Waals surface area (Å²) in [6.45, 7) is 0. The molecule has 1 unspecified atom stereocenters. The zero-order chi connectivity index (χ0) is 17.1. The van der Waals surface area contributed by atoms with E-state index in [-0.39, 0.29) is 0 Å². The Labute approximate surface area is 150 Å². The second-order valence-electron chi connectivity index (χ2n) is 5.65. The molecule has 0 saturated heterocycles. The minimum Gasteiger partial charge on any atom is -0.381 e. The van der Waals surface area contributed by atoms with E-state index >= 15 is 0 Å². The van der Waals surface area contributed by atoms with Crippen LogP contribution in [0.5, 0.6) is 0 Å². The molecule has 4 heteroatoms. The van der Waals surface area contributed by atoms with E-state index in [4.69, 9.17) is 0 Å². The van der Waals surface area contributed by atoms with Crippen LogP contribution >= 0.6 is 11.8 Å². The van der Waals surface area contributed by atoms with Crippen molar-refractivity contribution >= 4 is 35.1 Å². The maximum Gasteiger partial charge on any atom is 0.132 e. The number of aliphatic imine (C=N–C) groups is 2. The third kappa shape index (κ3) is 3.55. The van der Waals surface area contributed by atoms with Crippen molar-refractivity contribution in [1.82, 2.24) is 0 Å². The van der Waals surface area contributed by atoms with Crippen LogP contribution in [0.3, 0.4) is 0 Å². The van der Waals surface area contributed by atoms with E-state index in [2.05, 4.69) is 34.3 Å². The lowest BCUT2D eigenvalue weighted by molar-refractivity contribution is 0.311. The van der Waals surface area contributed by atoms with Crippen LogP contribution in [0.1, 0.15) is 5.56 Å². The number of aliphatic hydroxyl groups excluding tert-OH is 1. The summed E-state index contributed by atoms with van der Waals surface area (Å²) in [6, 6.07) is 26.0. The SMILES string of the molecule is OC1C=Nc2ccccc2N=C1c1ccc(Sc2ccccc2)cc1. The molecule has 25 heavy (non-hydrogen) atoms. The number of aliphatic hydroxyl groups is 1. The number of nitrogens with zero attached hydrogens (tertiary/aromatic N) is 2. The van der Waals surface area contributed by atoms with Crippen molar-refractivity contribution in [3.8, 4) is 0 Å². The fraction of sp³-hybridized carbons (Fsp3) is 0.0476. The second kappa shape index (κ2) is 7.05. The zero-order valence-electron chi connectivity index (χ0n) is 13.4. The minimum absolute atomic E-state index is 0.616. The standard InChI is InChI=1S/C21H16N2OS/c24-20-14-22-18-8-4-5-9-19(18)23-21(20)15-10-12-17(13-11-15)25-16-6-2-1-3-7-16/h1-14,20,24H. The van der Waals surface area contributed by atoms with E-state index in [9.17, 15) is 5.11 Å². The Morgan fingerprint density at radius 1 is 0.720 bits per heavy atom. The summed E-state index contributed by atoms with van der Waals surface area (Å²) in [6.07, 6.45) is 0.720. The Hall–Kier alpha value is -2.69. The Balaban J connectivity index is 1.63. The number of hydrogen-bond acceptors (Lipinski definition) is 4. The van der Waals surface area contributed by atoms with Gasteiger partial charge in [0.1, 0.15) is 6.10 Å². The third-order valence-corrected chi connectivity index (χ3v) is 4.90. The average Bonchev–Trinajstić information content (AvgIpc) is 2.83. The largest absolute Gasteiger partial charge is 0.381 e. The zero-order valence-corrected chi connectivity index (χ0v) is 14.2. The number of para-hydroxylation sites is 2. The Bertz CT molecular complexity index is 934. The van der Waals surface area contributed by atoms with Gasteiger partial charge in [0.2, 0.25) is 0 Å². The molecular weight excluding hydrogens is 328 g/mol. The summed E-state index contributed by atoms with van der Waals surface area (Å²) in [7, 11) is 0. The predicted molar refractivity (Wildman–Crippen MR) is 104 cm³/mol. The van der Waals surface area contributed by atoms with E-state index in [0.29, 0.717) is 5.71 Å². The molecule has 1 aliphatic heterocycles. The Morgan fingerprint density at radius 2 is 1.36 bits per heavy atom. The molecule has 0 radical (unpaired) electrons. The molecule has 0 bridgehead atoms. The molecule has 0 fully saturated rings. The number of hydrogen-bond donors (Lipinski definition) is 1. The van der Waals surface area contributed by atoms with Gasteiger partial charge in [-0.1, -0.05) is 54.2 Å². The van der Waals surface area contributed by atoms with Crippen LogP contribution < -0.4 is 0 Å². The van der Waals surface area contributed by atoms with Gasteiger partial charge >= 0.3 is 0 Å². The molecule has 3 aromatic rings. The van der Waals surface area contributed by atoms with Gasteiger partial charge in [0.25, 0.3) is 0 Å². The number of benzene rings is 3. The van der Waals surface area contributed by atoms with Gasteiger partial charge in [-0.3, -0.25) is 4.99 Å². The van der Waals surface area contributed by atoms with Gasteiger partial charge in [-0.2, -0.15) is 0 Å². The first-order valence-electron chi connectivity index (χ1n) is 8.03. The first-order chi connectivity index (χ1) is 12.3. The topological polar surface area (TPSA) is 45.0 Å². The molecule has 3 nitrogen and oxygen atoms in total. The van der Waals surface area contributed by atoms with Crippen LogP contribution in [0.2, 0.25) is 0 Å². The highest BCUT2D eigenvalue weighted by molar-refractivity contribution is 7.99. The summed E-state index contributed by atoms with van der Waals surface area (Å²) in [5.74, 6) is 0. The lowest BCUT2D eigenvalue weighted by atomic mass is 10.1. The number of fused-ring (bicyclic) bond motifs is 1. The van der Waals surface area contributed by atoms with Gasteiger partial charge in [-0.05, 0) is 42.0 Å². The summed E-state index contributed by atoms with van der Waals surface area (Å²) in [5, 5.41) is 10.4. The van der Waals surface area contributed by atoms with E-state index in [1.807, 2.05) is 54.6 Å². The number of rotatable bonds is 3. The molecule has 1 atom stereocenters. The predicted octanol–water partition coefficient (Wildman–Crippen LogP) is 5.04. The van der Waals surface area contributed by atoms with Gasteiger partial charge < -0.3 is 5.11 Å². The molecular formula is C21H16N2OS. The van der Waals surface area contributed by atoms with Gasteiger partial charge in [-0.15, -0.1) is 0 Å². The highest BCUT2D eigenvalue weighted by Gasteiger charge is 2.17. The lowest BCUT2D eigenvalue weighted by Crippen LogP contribution is -2.22. The van der Waals surface area contributed by atoms with Crippen molar-refractivity contribution in [2.24, 2.45) is 9.98 Å². The van der Waals surface area contributed by atoms with Crippen molar-refractivity contribution in [1.29, 1.82) is 0 Å². The Kier molecular flexibility index (Phi) is 4.46. The van der Waals surface area contributed by atoms with Gasteiger partial charge in [-0.25, -0.2) is 4.99 Å². The molecule has 0 aromatic heterocycles. The molecule has 4 rings (SSSR count). The highest BCUT2D eigenvalue weighted by atomic mass is 32.2. The molecule has 122 valence electrons. The van der Waals surface area contributed by atoms with Crippen molar-refractivity contribution in [2.45, 2.75) is 15.9 Å². The lowest BCUT2D eigenvalue weighted by Gasteiger charge is -2.10. The average molecular weight is 344 g/mol. The minimum atomic E-state index is -0.819. The normalized spacial score (nSPS) is 16.0. The first kappa shape index (κ1) is 15.8. The molecule has 1 heterocycles. The maximum absolute atomic E-state index is 10.4. The van der Waals surface area contributed by atoms with E-state index in [1.54, 1.807) is 11.8 Å². The van der Waals surface area contributed by atoms with Crippen molar-refractivity contribution < 1.29 is 5.11 Å². The molecule has 3 aromatic carbocycles. The molecule has 1 N–H and O–H groups in total. The molecule has 0 spiro atoms. The van der Waals surface area contributed by atoms with Crippen LogP contribution in [0.25, 0.3) is 0 Å². The fourth-order valence-corrected chi connectivity index (χ4v) is 3.48. The van der Waals surface area contributed by atoms with Crippen molar-refractivity contribution in [3.05, 3.63) is 84.4 Å². The molecule has 0 amide bonds. The summed E-state index contributed by atoms with van der Waals surface area (Å²) >= 11 is 1.71.